The molecule has 0 saturated heterocycles. The Balaban J connectivity index is 1.56. The molecule has 0 aliphatic carbocycles. The van der Waals surface area contributed by atoms with E-state index in [-0.39, 0.29) is 30.4 Å². The summed E-state index contributed by atoms with van der Waals surface area (Å²) < 4.78 is 52.4. The quantitative estimate of drug-likeness (QED) is 0.461. The molecular formula is C28H30FN5O4S. The summed E-state index contributed by atoms with van der Waals surface area (Å²) in [4.78, 5) is 13.4. The fourth-order valence-corrected chi connectivity index (χ4v) is 7.37. The Kier molecular flexibility index (Phi) is 6.42. The van der Waals surface area contributed by atoms with Gasteiger partial charge in [0.2, 0.25) is 0 Å². The van der Waals surface area contributed by atoms with E-state index in [9.17, 15) is 12.8 Å². The molecule has 0 unspecified atom stereocenters. The molecule has 39 heavy (non-hydrogen) atoms. The Morgan fingerprint density at radius 2 is 2.00 bits per heavy atom. The molecular weight excluding hydrogens is 521 g/mol. The number of sulfone groups is 1. The zero-order chi connectivity index (χ0) is 28.2. The van der Waals surface area contributed by atoms with Crippen LogP contribution in [0, 0.1) is 17.7 Å². The van der Waals surface area contributed by atoms with Gasteiger partial charge in [0.1, 0.15) is 33.1 Å². The third kappa shape index (κ3) is 4.33. The summed E-state index contributed by atoms with van der Waals surface area (Å²) in [6.45, 7) is 8.67. The molecule has 3 aromatic rings. The first-order chi connectivity index (χ1) is 18.4. The van der Waals surface area contributed by atoms with Crippen molar-refractivity contribution >= 4 is 38.1 Å². The number of aromatic nitrogens is 2. The maximum atomic E-state index is 14.7. The van der Waals surface area contributed by atoms with Gasteiger partial charge >= 0.3 is 0 Å². The summed E-state index contributed by atoms with van der Waals surface area (Å²) in [6, 6.07) is 6.86. The van der Waals surface area contributed by atoms with E-state index in [1.165, 1.54) is 6.20 Å². The second-order valence-corrected chi connectivity index (χ2v) is 13.0. The number of ether oxygens (including phenoxy) is 2. The molecule has 4 heterocycles. The molecule has 2 aliphatic heterocycles. The van der Waals surface area contributed by atoms with Crippen LogP contribution >= 0.6 is 0 Å². The van der Waals surface area contributed by atoms with E-state index in [4.69, 9.17) is 20.2 Å². The van der Waals surface area contributed by atoms with Crippen LogP contribution in [0.1, 0.15) is 46.6 Å². The molecule has 0 fully saturated rings. The van der Waals surface area contributed by atoms with Crippen molar-refractivity contribution in [3.8, 4) is 23.3 Å². The highest BCUT2D eigenvalue weighted by atomic mass is 32.2. The lowest BCUT2D eigenvalue weighted by atomic mass is 9.86. The highest BCUT2D eigenvalue weighted by Gasteiger charge is 2.57. The van der Waals surface area contributed by atoms with Crippen LogP contribution < -0.4 is 20.5 Å². The van der Waals surface area contributed by atoms with E-state index in [0.29, 0.717) is 34.1 Å². The fourth-order valence-electron chi connectivity index (χ4n) is 5.13. The summed E-state index contributed by atoms with van der Waals surface area (Å²) in [5.74, 6) is 6.39. The zero-order valence-corrected chi connectivity index (χ0v) is 23.2. The van der Waals surface area contributed by atoms with Gasteiger partial charge in [0.15, 0.2) is 27.6 Å². The topological polar surface area (TPSA) is 129 Å². The molecule has 2 aliphatic rings. The Morgan fingerprint density at radius 3 is 2.74 bits per heavy atom. The minimum atomic E-state index is -3.70. The average Bonchev–Trinajstić information content (AvgIpc) is 3.02. The Labute approximate surface area is 227 Å². The van der Waals surface area contributed by atoms with Gasteiger partial charge in [0, 0.05) is 23.1 Å². The minimum absolute atomic E-state index is 0.0557. The molecule has 0 saturated carbocycles. The first-order valence-corrected chi connectivity index (χ1v) is 14.1. The normalized spacial score (nSPS) is 23.5. The molecule has 0 amide bonds. The predicted octanol–water partition coefficient (Wildman–Crippen LogP) is 4.23. The monoisotopic (exact) mass is 551 g/mol. The first-order valence-electron chi connectivity index (χ1n) is 12.5. The largest absolute Gasteiger partial charge is 0.493 e. The lowest BCUT2D eigenvalue weighted by Crippen LogP contribution is -2.59. The lowest BCUT2D eigenvalue weighted by Gasteiger charge is -2.43. The molecule has 0 spiro atoms. The van der Waals surface area contributed by atoms with Crippen molar-refractivity contribution in [1.82, 2.24) is 9.97 Å². The number of benzene rings is 1. The summed E-state index contributed by atoms with van der Waals surface area (Å²) in [5, 5.41) is 2.60. The minimum Gasteiger partial charge on any atom is -0.493 e. The number of nitrogens with zero attached hydrogens (tertiary/aromatic N) is 3. The number of anilines is 2. The third-order valence-corrected chi connectivity index (χ3v) is 10.5. The van der Waals surface area contributed by atoms with Crippen LogP contribution in [0.3, 0.4) is 0 Å². The summed E-state index contributed by atoms with van der Waals surface area (Å²) in [7, 11) is -3.70. The van der Waals surface area contributed by atoms with E-state index < -0.39 is 31.2 Å². The van der Waals surface area contributed by atoms with Gasteiger partial charge in [0.25, 0.3) is 0 Å². The number of halogens is 1. The van der Waals surface area contributed by atoms with Crippen LogP contribution in [0.15, 0.2) is 41.7 Å². The van der Waals surface area contributed by atoms with Crippen molar-refractivity contribution in [2.75, 3.05) is 11.9 Å². The molecule has 2 aromatic heterocycles. The number of nitrogens with one attached hydrogen (secondary N) is 1. The SMILES string of the molecule is CC#C[C@@H](C)Oc1cnc2c(Nc3ccc4c(c3)[C@@]3(C)N=C(N)C(C)(C)S(=O)(=O)[C@@H]3CCO4)ncc(F)c2c1. The van der Waals surface area contributed by atoms with Crippen molar-refractivity contribution in [3.05, 3.63) is 48.0 Å². The van der Waals surface area contributed by atoms with Crippen molar-refractivity contribution in [3.63, 3.8) is 0 Å². The summed E-state index contributed by atoms with van der Waals surface area (Å²) >= 11 is 0. The number of aliphatic imine (C=N–C) groups is 1. The van der Waals surface area contributed by atoms with Crippen LogP contribution in [0.4, 0.5) is 15.9 Å². The van der Waals surface area contributed by atoms with Crippen LogP contribution in [-0.2, 0) is 15.4 Å². The Bertz CT molecular complexity index is 1680. The average molecular weight is 552 g/mol. The third-order valence-electron chi connectivity index (χ3n) is 7.42. The predicted molar refractivity (Wildman–Crippen MR) is 149 cm³/mol. The highest BCUT2D eigenvalue weighted by Crippen LogP contribution is 2.48. The molecule has 0 bridgehead atoms. The summed E-state index contributed by atoms with van der Waals surface area (Å²) in [5.41, 5.74) is 6.52. The molecule has 5 rings (SSSR count). The van der Waals surface area contributed by atoms with Gasteiger partial charge in [-0.1, -0.05) is 5.92 Å². The molecule has 204 valence electrons. The van der Waals surface area contributed by atoms with Crippen molar-refractivity contribution < 1.29 is 22.3 Å². The van der Waals surface area contributed by atoms with E-state index in [0.717, 1.165) is 6.20 Å². The maximum Gasteiger partial charge on any atom is 0.168 e. The molecule has 9 nitrogen and oxygen atoms in total. The number of amidine groups is 1. The zero-order valence-electron chi connectivity index (χ0n) is 22.4. The van der Waals surface area contributed by atoms with E-state index in [1.54, 1.807) is 58.9 Å². The van der Waals surface area contributed by atoms with Gasteiger partial charge in [-0.05, 0) is 58.9 Å². The molecule has 0 radical (unpaired) electrons. The molecule has 11 heteroatoms. The van der Waals surface area contributed by atoms with Crippen LogP contribution in [-0.4, -0.2) is 46.9 Å². The number of fused-ring (bicyclic) bond motifs is 4. The second-order valence-electron chi connectivity index (χ2n) is 10.3. The van der Waals surface area contributed by atoms with Gasteiger partial charge < -0.3 is 20.5 Å². The van der Waals surface area contributed by atoms with Crippen LogP contribution in [0.2, 0.25) is 0 Å². The van der Waals surface area contributed by atoms with E-state index in [1.807, 2.05) is 0 Å². The molecule has 1 aromatic carbocycles. The van der Waals surface area contributed by atoms with Crippen molar-refractivity contribution in [2.24, 2.45) is 10.7 Å². The van der Waals surface area contributed by atoms with Gasteiger partial charge in [0.05, 0.1) is 24.3 Å². The Hall–Kier alpha value is -3.91. The number of nitrogens with two attached hydrogens (primary N) is 1. The fraction of sp³-hybridized carbons (Fsp3) is 0.393. The van der Waals surface area contributed by atoms with E-state index >= 15 is 0 Å². The number of hydrogen-bond donors (Lipinski definition) is 2. The van der Waals surface area contributed by atoms with Crippen molar-refractivity contribution in [2.45, 2.75) is 62.7 Å². The molecule has 3 N–H and O–H groups in total. The van der Waals surface area contributed by atoms with Gasteiger partial charge in [-0.25, -0.2) is 22.8 Å². The lowest BCUT2D eigenvalue weighted by molar-refractivity contribution is 0.278. The number of pyridine rings is 2. The second kappa shape index (κ2) is 9.38. The standard InChI is InChI=1S/C28H30FN5O4S/c1-6-7-16(2)38-18-13-19-21(29)15-32-25(24(19)31-14-18)33-17-8-9-22-20(12-17)28(5)23(10-11-37-22)39(35,36)27(3,4)26(30)34-28/h8-9,12-16,23H,10-11H2,1-5H3,(H2,30,34)(H,32,33)/t16-,23-,28-/m1/s1. The van der Waals surface area contributed by atoms with Crippen LogP contribution in [0.5, 0.6) is 11.5 Å². The van der Waals surface area contributed by atoms with Crippen molar-refractivity contribution in [1.29, 1.82) is 0 Å². The number of rotatable bonds is 4. The number of hydrogen-bond acceptors (Lipinski definition) is 9. The molecule has 3 atom stereocenters. The highest BCUT2D eigenvalue weighted by molar-refractivity contribution is 7.94. The maximum absolute atomic E-state index is 14.7. The smallest absolute Gasteiger partial charge is 0.168 e. The van der Waals surface area contributed by atoms with Gasteiger partial charge in [-0.3, -0.25) is 4.99 Å². The van der Waals surface area contributed by atoms with Crippen LogP contribution in [0.25, 0.3) is 10.9 Å². The van der Waals surface area contributed by atoms with Gasteiger partial charge in [-0.2, -0.15) is 0 Å². The van der Waals surface area contributed by atoms with Gasteiger partial charge in [-0.15, -0.1) is 5.92 Å². The Morgan fingerprint density at radius 1 is 1.23 bits per heavy atom. The summed E-state index contributed by atoms with van der Waals surface area (Å²) in [6.07, 6.45) is 2.49. The van der Waals surface area contributed by atoms with E-state index in [2.05, 4.69) is 27.1 Å². The first kappa shape index (κ1) is 26.7.